The minimum atomic E-state index is -4.56. The Morgan fingerprint density at radius 3 is 2.57 bits per heavy atom. The van der Waals surface area contributed by atoms with Gasteiger partial charge in [-0.15, -0.1) is 0 Å². The number of amides is 2. The average Bonchev–Trinajstić information content (AvgIpc) is 2.51. The lowest BCUT2D eigenvalue weighted by Crippen LogP contribution is -2.48. The fourth-order valence-corrected chi connectivity index (χ4v) is 2.74. The predicted octanol–water partition coefficient (Wildman–Crippen LogP) is 3.01. The molecule has 1 aliphatic rings. The molecule has 128 valence electrons. The molecular formula is C16H21F3N2O2. The molecule has 1 aromatic carbocycles. The third kappa shape index (κ3) is 4.60. The van der Waals surface area contributed by atoms with Crippen molar-refractivity contribution in [2.75, 3.05) is 19.7 Å². The first-order valence-electron chi connectivity index (χ1n) is 7.61. The van der Waals surface area contributed by atoms with Crippen LogP contribution in [0.1, 0.15) is 30.0 Å². The van der Waals surface area contributed by atoms with Crippen molar-refractivity contribution in [2.24, 2.45) is 5.92 Å². The van der Waals surface area contributed by atoms with Gasteiger partial charge in [0.05, 0.1) is 0 Å². The second-order valence-corrected chi connectivity index (χ2v) is 5.95. The van der Waals surface area contributed by atoms with Crippen molar-refractivity contribution in [1.82, 2.24) is 10.2 Å². The second-order valence-electron chi connectivity index (χ2n) is 5.95. The van der Waals surface area contributed by atoms with Crippen LogP contribution in [0.4, 0.5) is 18.0 Å². The maximum Gasteiger partial charge on any atom is 0.412 e. The molecule has 1 aliphatic heterocycles. The lowest BCUT2D eigenvalue weighted by molar-refractivity contribution is -0.155. The Balaban J connectivity index is 2.08. The minimum absolute atomic E-state index is 0.0242. The number of benzene rings is 1. The van der Waals surface area contributed by atoms with E-state index in [2.05, 4.69) is 5.32 Å². The zero-order valence-corrected chi connectivity index (χ0v) is 12.9. The third-order valence-corrected chi connectivity index (χ3v) is 4.13. The van der Waals surface area contributed by atoms with Gasteiger partial charge in [0, 0.05) is 19.7 Å². The van der Waals surface area contributed by atoms with E-state index in [1.807, 2.05) is 0 Å². The van der Waals surface area contributed by atoms with Crippen LogP contribution in [0.25, 0.3) is 0 Å². The van der Waals surface area contributed by atoms with E-state index in [1.165, 1.54) is 17.0 Å². The maximum atomic E-state index is 13.3. The van der Waals surface area contributed by atoms with Crippen LogP contribution < -0.4 is 5.32 Å². The van der Waals surface area contributed by atoms with Gasteiger partial charge in [-0.2, -0.15) is 13.2 Å². The number of nitrogens with one attached hydrogen (secondary N) is 1. The monoisotopic (exact) mass is 330 g/mol. The highest BCUT2D eigenvalue weighted by Crippen LogP contribution is 2.33. The number of likely N-dealkylation sites (tertiary alicyclic amines) is 1. The molecule has 1 heterocycles. The summed E-state index contributed by atoms with van der Waals surface area (Å²) < 4.78 is 39.9. The lowest BCUT2D eigenvalue weighted by atomic mass is 9.98. The Bertz CT molecular complexity index is 540. The number of aliphatic hydroxyl groups is 1. The van der Waals surface area contributed by atoms with Crippen molar-refractivity contribution in [3.8, 4) is 0 Å². The number of aryl methyl sites for hydroxylation is 1. The summed E-state index contributed by atoms with van der Waals surface area (Å²) in [5, 5.41) is 11.2. The molecule has 2 amide bonds. The van der Waals surface area contributed by atoms with Crippen LogP contribution in [0.5, 0.6) is 0 Å². The summed E-state index contributed by atoms with van der Waals surface area (Å²) >= 11 is 0. The van der Waals surface area contributed by atoms with Crippen LogP contribution in [0, 0.1) is 12.8 Å². The highest BCUT2D eigenvalue weighted by Gasteiger charge is 2.42. The number of alkyl halides is 3. The number of nitrogens with zero attached hydrogens (tertiary/aromatic N) is 1. The molecule has 0 aromatic heterocycles. The molecule has 0 radical (unpaired) electrons. The SMILES string of the molecule is Cc1cccc(C(NC(=O)N2CCC(CO)CC2)C(F)(F)F)c1. The molecule has 1 saturated heterocycles. The van der Waals surface area contributed by atoms with E-state index < -0.39 is 18.2 Å². The number of hydrogen-bond acceptors (Lipinski definition) is 2. The van der Waals surface area contributed by atoms with Gasteiger partial charge in [-0.05, 0) is 31.2 Å². The smallest absolute Gasteiger partial charge is 0.396 e. The molecule has 2 N–H and O–H groups in total. The summed E-state index contributed by atoms with van der Waals surface area (Å²) in [6, 6.07) is 3.30. The molecule has 1 atom stereocenters. The van der Waals surface area contributed by atoms with Crippen LogP contribution in [0.2, 0.25) is 0 Å². The zero-order chi connectivity index (χ0) is 17.0. The number of carbonyl (C=O) groups is 1. The molecule has 1 unspecified atom stereocenters. The van der Waals surface area contributed by atoms with Gasteiger partial charge in [-0.25, -0.2) is 4.79 Å². The van der Waals surface area contributed by atoms with Crippen molar-refractivity contribution in [3.63, 3.8) is 0 Å². The van der Waals surface area contributed by atoms with Crippen LogP contribution in [-0.2, 0) is 0 Å². The first kappa shape index (κ1) is 17.6. The van der Waals surface area contributed by atoms with Gasteiger partial charge in [0.25, 0.3) is 0 Å². The predicted molar refractivity (Wildman–Crippen MR) is 79.9 cm³/mol. The Hall–Kier alpha value is -1.76. The standard InChI is InChI=1S/C16H21F3N2O2/c1-11-3-2-4-13(9-11)14(16(17,18)19)20-15(23)21-7-5-12(10-22)6-8-21/h2-4,9,12,14,22H,5-8,10H2,1H3,(H,20,23). The average molecular weight is 330 g/mol. The topological polar surface area (TPSA) is 52.6 Å². The summed E-state index contributed by atoms with van der Waals surface area (Å²) in [6.45, 7) is 2.47. The molecule has 0 saturated carbocycles. The molecule has 23 heavy (non-hydrogen) atoms. The molecular weight excluding hydrogens is 309 g/mol. The third-order valence-electron chi connectivity index (χ3n) is 4.13. The number of halogens is 3. The molecule has 0 spiro atoms. The fourth-order valence-electron chi connectivity index (χ4n) is 2.74. The maximum absolute atomic E-state index is 13.3. The molecule has 1 fully saturated rings. The fraction of sp³-hybridized carbons (Fsp3) is 0.562. The van der Waals surface area contributed by atoms with E-state index in [9.17, 15) is 18.0 Å². The molecule has 1 aromatic rings. The molecule has 4 nitrogen and oxygen atoms in total. The van der Waals surface area contributed by atoms with Crippen molar-refractivity contribution in [2.45, 2.75) is 32.0 Å². The van der Waals surface area contributed by atoms with Gasteiger partial charge in [0.15, 0.2) is 6.04 Å². The zero-order valence-electron chi connectivity index (χ0n) is 12.9. The van der Waals surface area contributed by atoms with E-state index >= 15 is 0 Å². The van der Waals surface area contributed by atoms with Gasteiger partial charge in [0.2, 0.25) is 0 Å². The van der Waals surface area contributed by atoms with Crippen molar-refractivity contribution >= 4 is 6.03 Å². The van der Waals surface area contributed by atoms with E-state index in [-0.39, 0.29) is 18.1 Å². The number of rotatable bonds is 3. The Morgan fingerprint density at radius 2 is 2.04 bits per heavy atom. The van der Waals surface area contributed by atoms with E-state index in [1.54, 1.807) is 19.1 Å². The number of urea groups is 1. The first-order valence-corrected chi connectivity index (χ1v) is 7.61. The Kier molecular flexibility index (Phi) is 5.51. The lowest BCUT2D eigenvalue weighted by Gasteiger charge is -2.33. The number of hydrogen-bond donors (Lipinski definition) is 2. The first-order chi connectivity index (χ1) is 10.8. The largest absolute Gasteiger partial charge is 0.412 e. The Labute approximate surface area is 133 Å². The highest BCUT2D eigenvalue weighted by atomic mass is 19.4. The summed E-state index contributed by atoms with van der Waals surface area (Å²) in [4.78, 5) is 13.5. The summed E-state index contributed by atoms with van der Waals surface area (Å²) in [5.74, 6) is 0.120. The summed E-state index contributed by atoms with van der Waals surface area (Å²) in [7, 11) is 0. The number of piperidine rings is 1. The van der Waals surface area contributed by atoms with Gasteiger partial charge < -0.3 is 15.3 Å². The van der Waals surface area contributed by atoms with Gasteiger partial charge in [0.1, 0.15) is 0 Å². The van der Waals surface area contributed by atoms with E-state index in [0.29, 0.717) is 31.5 Å². The normalized spacial score (nSPS) is 17.9. The van der Waals surface area contributed by atoms with Crippen molar-refractivity contribution < 1.29 is 23.1 Å². The van der Waals surface area contributed by atoms with Crippen LogP contribution in [-0.4, -0.2) is 41.9 Å². The van der Waals surface area contributed by atoms with Gasteiger partial charge in [-0.1, -0.05) is 29.8 Å². The van der Waals surface area contributed by atoms with Gasteiger partial charge in [-0.3, -0.25) is 0 Å². The molecule has 7 heteroatoms. The van der Waals surface area contributed by atoms with E-state index in [4.69, 9.17) is 5.11 Å². The molecule has 2 rings (SSSR count). The quantitative estimate of drug-likeness (QED) is 0.895. The Morgan fingerprint density at radius 1 is 1.39 bits per heavy atom. The van der Waals surface area contributed by atoms with Crippen LogP contribution in [0.15, 0.2) is 24.3 Å². The van der Waals surface area contributed by atoms with E-state index in [0.717, 1.165) is 0 Å². The second kappa shape index (κ2) is 7.21. The van der Waals surface area contributed by atoms with Crippen LogP contribution >= 0.6 is 0 Å². The van der Waals surface area contributed by atoms with Crippen molar-refractivity contribution in [1.29, 1.82) is 0 Å². The molecule has 0 bridgehead atoms. The number of carbonyl (C=O) groups excluding carboxylic acids is 1. The minimum Gasteiger partial charge on any atom is -0.396 e. The van der Waals surface area contributed by atoms with Crippen LogP contribution in [0.3, 0.4) is 0 Å². The summed E-state index contributed by atoms with van der Waals surface area (Å²) in [5.41, 5.74) is 0.728. The van der Waals surface area contributed by atoms with Crippen molar-refractivity contribution in [3.05, 3.63) is 35.4 Å². The highest BCUT2D eigenvalue weighted by molar-refractivity contribution is 5.75. The summed E-state index contributed by atoms with van der Waals surface area (Å²) in [6.07, 6.45) is -3.36. The molecule has 0 aliphatic carbocycles. The number of aliphatic hydroxyl groups excluding tert-OH is 1. The van der Waals surface area contributed by atoms with Gasteiger partial charge >= 0.3 is 12.2 Å².